The summed E-state index contributed by atoms with van der Waals surface area (Å²) in [6, 6.07) is 4.28. The molecule has 1 aromatic carbocycles. The van der Waals surface area contributed by atoms with Crippen LogP contribution in [0.15, 0.2) is 24.3 Å². The molecule has 3 heterocycles. The van der Waals surface area contributed by atoms with Crippen LogP contribution in [-0.4, -0.2) is 92.4 Å². The molecule has 3 aliphatic heterocycles. The molecular weight excluding hydrogens is 490 g/mol. The van der Waals surface area contributed by atoms with Gasteiger partial charge in [0.15, 0.2) is 0 Å². The van der Waals surface area contributed by atoms with Gasteiger partial charge in [0.2, 0.25) is 11.8 Å². The first-order valence-electron chi connectivity index (χ1n) is 11.5. The van der Waals surface area contributed by atoms with Gasteiger partial charge in [0.05, 0.1) is 6.42 Å². The molecule has 3 aliphatic rings. The molecule has 3 atom stereocenters. The van der Waals surface area contributed by atoms with Crippen LogP contribution in [0.4, 0.5) is 10.5 Å². The van der Waals surface area contributed by atoms with Crippen LogP contribution in [0.5, 0.6) is 0 Å². The Kier molecular flexibility index (Phi) is 6.69. The van der Waals surface area contributed by atoms with E-state index in [1.807, 2.05) is 0 Å². The fourth-order valence-electron chi connectivity index (χ4n) is 4.69. The molecule has 0 aromatic heterocycles. The minimum absolute atomic E-state index is 0.0158. The largest absolute Gasteiger partial charge is 0.480 e. The van der Waals surface area contributed by atoms with Gasteiger partial charge >= 0.3 is 23.8 Å². The number of carboxylic acid groups (broad SMARTS) is 1. The van der Waals surface area contributed by atoms with Crippen LogP contribution in [0.25, 0.3) is 0 Å². The molecule has 192 valence electrons. The highest BCUT2D eigenvalue weighted by Gasteiger charge is 2.64. The quantitative estimate of drug-likeness (QED) is 0.345. The molecule has 3 saturated heterocycles. The second-order valence-electron chi connectivity index (χ2n) is 9.23. The van der Waals surface area contributed by atoms with Crippen LogP contribution in [0.2, 0.25) is 0 Å². The van der Waals surface area contributed by atoms with E-state index in [1.165, 1.54) is 21.6 Å². The second kappa shape index (κ2) is 9.45. The lowest BCUT2D eigenvalue weighted by Crippen LogP contribution is -2.70. The van der Waals surface area contributed by atoms with Crippen molar-refractivity contribution in [2.24, 2.45) is 0 Å². The molecule has 0 spiro atoms. The minimum Gasteiger partial charge on any atom is -0.480 e. The van der Waals surface area contributed by atoms with Crippen LogP contribution in [0, 0.1) is 0 Å². The summed E-state index contributed by atoms with van der Waals surface area (Å²) in [5, 5.41) is 14.2. The van der Waals surface area contributed by atoms with Crippen molar-refractivity contribution in [3.05, 3.63) is 29.8 Å². The van der Waals surface area contributed by atoms with Crippen molar-refractivity contribution in [3.63, 3.8) is 0 Å². The number of nitrogens with one attached hydrogen (secondary N) is 2. The SMILES string of the molecule is CCN(C(=O)N1CCNC(=O)C1=O)c1ccc(CC(=O)NC2C(=O)N3[C@@H]2SC(C)(C)[C@@H]3C(=O)O)cc1. The Labute approximate surface area is 211 Å². The van der Waals surface area contributed by atoms with Gasteiger partial charge < -0.3 is 20.6 Å². The number of anilines is 1. The number of aliphatic carboxylic acids is 1. The Hall–Kier alpha value is -3.61. The summed E-state index contributed by atoms with van der Waals surface area (Å²) in [4.78, 5) is 76.9. The molecule has 13 heteroatoms. The average Bonchev–Trinajstić information content (AvgIpc) is 3.08. The molecule has 3 fully saturated rings. The van der Waals surface area contributed by atoms with E-state index in [9.17, 15) is 33.9 Å². The number of carbonyl (C=O) groups excluding carboxylic acids is 5. The summed E-state index contributed by atoms with van der Waals surface area (Å²) in [7, 11) is 0. The smallest absolute Gasteiger partial charge is 0.331 e. The fourth-order valence-corrected chi connectivity index (χ4v) is 6.31. The van der Waals surface area contributed by atoms with Gasteiger partial charge in [0.1, 0.15) is 17.5 Å². The number of thioether (sulfide) groups is 1. The first-order chi connectivity index (χ1) is 17.0. The topological polar surface area (TPSA) is 156 Å². The number of imide groups is 1. The van der Waals surface area contributed by atoms with E-state index in [2.05, 4.69) is 10.6 Å². The Morgan fingerprint density at radius 1 is 1.19 bits per heavy atom. The highest BCUT2D eigenvalue weighted by atomic mass is 32.2. The van der Waals surface area contributed by atoms with Crippen molar-refractivity contribution >= 4 is 53.1 Å². The maximum absolute atomic E-state index is 12.9. The number of piperazine rings is 1. The van der Waals surface area contributed by atoms with Crippen molar-refractivity contribution in [1.29, 1.82) is 0 Å². The Bertz CT molecular complexity index is 1140. The van der Waals surface area contributed by atoms with Gasteiger partial charge in [-0.25, -0.2) is 9.59 Å². The summed E-state index contributed by atoms with van der Waals surface area (Å²) in [6.45, 7) is 5.81. The number of hydrogen-bond donors (Lipinski definition) is 3. The highest BCUT2D eigenvalue weighted by molar-refractivity contribution is 8.01. The molecule has 36 heavy (non-hydrogen) atoms. The second-order valence-corrected chi connectivity index (χ2v) is 11.0. The highest BCUT2D eigenvalue weighted by Crippen LogP contribution is 2.50. The van der Waals surface area contributed by atoms with E-state index in [0.29, 0.717) is 11.3 Å². The Morgan fingerprint density at radius 3 is 2.47 bits per heavy atom. The standard InChI is InChI=1S/C23H27N5O7S/c1-4-26(22(35)27-10-9-24-17(30)19(27)32)13-7-5-12(6-8-13)11-14(29)25-15-18(31)28-16(21(33)34)23(2,3)36-20(15)28/h5-8,15-16,20H,4,9-11H2,1-3H3,(H,24,30)(H,25,29)(H,33,34)/t15?,16-,20+/m0/s1. The third kappa shape index (κ3) is 4.38. The van der Waals surface area contributed by atoms with E-state index in [-0.39, 0.29) is 32.0 Å². The summed E-state index contributed by atoms with van der Waals surface area (Å²) in [6.07, 6.45) is -0.0158. The first kappa shape index (κ1) is 25.5. The molecule has 3 N–H and O–H groups in total. The van der Waals surface area contributed by atoms with Crippen LogP contribution < -0.4 is 15.5 Å². The fraction of sp³-hybridized carbons (Fsp3) is 0.478. The zero-order valence-electron chi connectivity index (χ0n) is 20.0. The van der Waals surface area contributed by atoms with Crippen molar-refractivity contribution in [2.45, 2.75) is 49.4 Å². The molecule has 0 bridgehead atoms. The molecule has 6 amide bonds. The van der Waals surface area contributed by atoms with E-state index in [4.69, 9.17) is 0 Å². The Morgan fingerprint density at radius 2 is 1.86 bits per heavy atom. The van der Waals surface area contributed by atoms with Crippen molar-refractivity contribution in [2.75, 3.05) is 24.5 Å². The third-order valence-corrected chi connectivity index (χ3v) is 8.01. The number of urea groups is 1. The summed E-state index contributed by atoms with van der Waals surface area (Å²) >= 11 is 1.36. The third-order valence-electron chi connectivity index (χ3n) is 6.44. The number of fused-ring (bicyclic) bond motifs is 1. The molecule has 12 nitrogen and oxygen atoms in total. The molecule has 4 rings (SSSR count). The van der Waals surface area contributed by atoms with Gasteiger partial charge in [0, 0.05) is 30.1 Å². The first-order valence-corrected chi connectivity index (χ1v) is 12.4. The molecular formula is C23H27N5O7S. The normalized spacial score (nSPS) is 24.5. The van der Waals surface area contributed by atoms with Crippen molar-refractivity contribution < 1.29 is 33.9 Å². The summed E-state index contributed by atoms with van der Waals surface area (Å²) in [5.41, 5.74) is 1.14. The van der Waals surface area contributed by atoms with Gasteiger partial charge in [0.25, 0.3) is 0 Å². The monoisotopic (exact) mass is 517 g/mol. The lowest BCUT2D eigenvalue weighted by atomic mass is 9.96. The summed E-state index contributed by atoms with van der Waals surface area (Å²) in [5.74, 6) is -3.59. The lowest BCUT2D eigenvalue weighted by molar-refractivity contribution is -0.161. The molecule has 0 saturated carbocycles. The van der Waals surface area contributed by atoms with E-state index in [1.54, 1.807) is 45.0 Å². The van der Waals surface area contributed by atoms with Crippen LogP contribution in [-0.2, 0) is 30.4 Å². The minimum atomic E-state index is -1.07. The number of β-lactam (4-membered cyclic amide) rings is 1. The number of amides is 6. The zero-order valence-corrected chi connectivity index (χ0v) is 20.8. The predicted octanol–water partition coefficient (Wildman–Crippen LogP) is -0.234. The van der Waals surface area contributed by atoms with Crippen LogP contribution in [0.1, 0.15) is 26.3 Å². The van der Waals surface area contributed by atoms with Gasteiger partial charge in [-0.15, -0.1) is 11.8 Å². The number of nitrogens with zero attached hydrogens (tertiary/aromatic N) is 3. The number of carboxylic acids is 1. The maximum atomic E-state index is 12.9. The van der Waals surface area contributed by atoms with E-state index < -0.39 is 51.9 Å². The van der Waals surface area contributed by atoms with E-state index >= 15 is 0 Å². The lowest BCUT2D eigenvalue weighted by Gasteiger charge is -2.43. The number of hydrogen-bond acceptors (Lipinski definition) is 7. The summed E-state index contributed by atoms with van der Waals surface area (Å²) < 4.78 is -0.674. The van der Waals surface area contributed by atoms with Gasteiger partial charge in [-0.1, -0.05) is 12.1 Å². The number of carbonyl (C=O) groups is 6. The maximum Gasteiger partial charge on any atom is 0.331 e. The van der Waals surface area contributed by atoms with Crippen LogP contribution in [0.3, 0.4) is 0 Å². The van der Waals surface area contributed by atoms with Gasteiger partial charge in [-0.3, -0.25) is 29.0 Å². The average molecular weight is 518 g/mol. The molecule has 0 radical (unpaired) electrons. The van der Waals surface area contributed by atoms with E-state index in [0.717, 1.165) is 4.90 Å². The van der Waals surface area contributed by atoms with Gasteiger partial charge in [-0.05, 0) is 38.5 Å². The molecule has 0 aliphatic carbocycles. The van der Waals surface area contributed by atoms with Crippen molar-refractivity contribution in [1.82, 2.24) is 20.4 Å². The molecule has 1 aromatic rings. The number of benzene rings is 1. The predicted molar refractivity (Wildman–Crippen MR) is 129 cm³/mol. The van der Waals surface area contributed by atoms with Crippen molar-refractivity contribution in [3.8, 4) is 0 Å². The number of rotatable bonds is 6. The Balaban J connectivity index is 1.37. The molecule has 1 unspecified atom stereocenters. The zero-order chi connectivity index (χ0) is 26.4. The van der Waals surface area contributed by atoms with Crippen LogP contribution >= 0.6 is 11.8 Å². The van der Waals surface area contributed by atoms with Gasteiger partial charge in [-0.2, -0.15) is 0 Å².